The van der Waals surface area contributed by atoms with Crippen LogP contribution in [0.15, 0.2) is 48.5 Å². The van der Waals surface area contributed by atoms with E-state index < -0.39 is 0 Å². The Kier molecular flexibility index (Phi) is 4.71. The average Bonchev–Trinajstić information content (AvgIpc) is 3.54. The summed E-state index contributed by atoms with van der Waals surface area (Å²) >= 11 is 0. The van der Waals surface area contributed by atoms with Gasteiger partial charge in [-0.05, 0) is 42.7 Å². The Morgan fingerprint density at radius 3 is 2.63 bits per heavy atom. The highest BCUT2D eigenvalue weighted by atomic mass is 16.5. The van der Waals surface area contributed by atoms with Gasteiger partial charge in [-0.25, -0.2) is 0 Å². The fraction of sp³-hybridized carbons (Fsp3) is 0.333. The Balaban J connectivity index is 1.50. The zero-order valence-corrected chi connectivity index (χ0v) is 15.3. The molecular formula is C21H22N2O4. The number of carbonyl (C=O) groups is 2. The molecule has 0 bridgehead atoms. The first-order valence-corrected chi connectivity index (χ1v) is 9.10. The second kappa shape index (κ2) is 7.31. The van der Waals surface area contributed by atoms with Crippen LogP contribution < -0.4 is 14.4 Å². The van der Waals surface area contributed by atoms with E-state index in [0.29, 0.717) is 18.0 Å². The first kappa shape index (κ1) is 17.4. The number of carbonyl (C=O) groups excluding carboxylic acids is 2. The Hall–Kier alpha value is -3.02. The number of anilines is 1. The van der Waals surface area contributed by atoms with E-state index in [1.165, 1.54) is 4.90 Å². The van der Waals surface area contributed by atoms with Crippen LogP contribution in [0.4, 0.5) is 5.69 Å². The van der Waals surface area contributed by atoms with Gasteiger partial charge in [0, 0.05) is 12.6 Å². The van der Waals surface area contributed by atoms with E-state index in [1.807, 2.05) is 53.4 Å². The molecule has 0 saturated heterocycles. The average molecular weight is 366 g/mol. The van der Waals surface area contributed by atoms with Crippen LogP contribution in [0.1, 0.15) is 18.4 Å². The van der Waals surface area contributed by atoms with Crippen molar-refractivity contribution in [1.29, 1.82) is 0 Å². The van der Waals surface area contributed by atoms with Gasteiger partial charge in [0.2, 0.25) is 5.91 Å². The number of benzene rings is 2. The van der Waals surface area contributed by atoms with Crippen LogP contribution in [0, 0.1) is 0 Å². The van der Waals surface area contributed by atoms with E-state index in [0.717, 1.165) is 24.2 Å². The van der Waals surface area contributed by atoms with Crippen LogP contribution in [0.3, 0.4) is 0 Å². The molecule has 0 aromatic heterocycles. The van der Waals surface area contributed by atoms with Crippen molar-refractivity contribution in [2.75, 3.05) is 25.2 Å². The first-order valence-electron chi connectivity index (χ1n) is 9.10. The van der Waals surface area contributed by atoms with Crippen LogP contribution >= 0.6 is 0 Å². The van der Waals surface area contributed by atoms with E-state index in [1.54, 1.807) is 7.11 Å². The van der Waals surface area contributed by atoms with Crippen LogP contribution in [-0.4, -0.2) is 43.0 Å². The zero-order chi connectivity index (χ0) is 18.8. The van der Waals surface area contributed by atoms with Gasteiger partial charge in [-0.15, -0.1) is 0 Å². The van der Waals surface area contributed by atoms with E-state index in [-0.39, 0.29) is 31.0 Å². The van der Waals surface area contributed by atoms with Gasteiger partial charge in [0.15, 0.2) is 6.61 Å². The molecule has 6 heteroatoms. The van der Waals surface area contributed by atoms with E-state index >= 15 is 0 Å². The molecular weight excluding hydrogens is 344 g/mol. The number of rotatable bonds is 6. The fourth-order valence-corrected chi connectivity index (χ4v) is 3.29. The number of ether oxygens (including phenoxy) is 2. The van der Waals surface area contributed by atoms with E-state index in [2.05, 4.69) is 0 Å². The lowest BCUT2D eigenvalue weighted by molar-refractivity contribution is -0.133. The molecule has 1 heterocycles. The maximum absolute atomic E-state index is 13.0. The summed E-state index contributed by atoms with van der Waals surface area (Å²) in [4.78, 5) is 28.8. The molecule has 1 fully saturated rings. The predicted octanol–water partition coefficient (Wildman–Crippen LogP) is 2.61. The highest BCUT2D eigenvalue weighted by Crippen LogP contribution is 2.33. The summed E-state index contributed by atoms with van der Waals surface area (Å²) < 4.78 is 10.6. The van der Waals surface area contributed by atoms with Gasteiger partial charge >= 0.3 is 0 Å². The largest absolute Gasteiger partial charge is 0.497 e. The van der Waals surface area contributed by atoms with Crippen molar-refractivity contribution in [2.45, 2.75) is 25.4 Å². The van der Waals surface area contributed by atoms with E-state index in [9.17, 15) is 9.59 Å². The van der Waals surface area contributed by atoms with Crippen LogP contribution in [-0.2, 0) is 16.1 Å². The van der Waals surface area contributed by atoms with Gasteiger partial charge in [0.05, 0.1) is 12.8 Å². The van der Waals surface area contributed by atoms with Crippen molar-refractivity contribution < 1.29 is 19.1 Å². The second-order valence-electron chi connectivity index (χ2n) is 6.84. The van der Waals surface area contributed by atoms with Crippen molar-refractivity contribution in [1.82, 2.24) is 4.90 Å². The normalized spacial score (nSPS) is 15.7. The molecule has 2 aromatic rings. The third-order valence-electron chi connectivity index (χ3n) is 4.92. The second-order valence-corrected chi connectivity index (χ2v) is 6.84. The van der Waals surface area contributed by atoms with Crippen LogP contribution in [0.5, 0.6) is 11.5 Å². The van der Waals surface area contributed by atoms with Crippen LogP contribution in [0.25, 0.3) is 0 Å². The number of hydrogen-bond acceptors (Lipinski definition) is 4. The maximum Gasteiger partial charge on any atom is 0.265 e. The monoisotopic (exact) mass is 366 g/mol. The zero-order valence-electron chi connectivity index (χ0n) is 15.3. The van der Waals surface area contributed by atoms with Crippen LogP contribution in [0.2, 0.25) is 0 Å². The molecule has 140 valence electrons. The number of para-hydroxylation sites is 2. The van der Waals surface area contributed by atoms with Gasteiger partial charge < -0.3 is 14.4 Å². The Labute approximate surface area is 158 Å². The summed E-state index contributed by atoms with van der Waals surface area (Å²) in [5, 5.41) is 0. The third-order valence-corrected chi connectivity index (χ3v) is 4.92. The Morgan fingerprint density at radius 1 is 1.19 bits per heavy atom. The minimum Gasteiger partial charge on any atom is -0.497 e. The molecule has 0 atom stereocenters. The van der Waals surface area contributed by atoms with Gasteiger partial charge in [0.1, 0.15) is 18.0 Å². The van der Waals surface area contributed by atoms with Gasteiger partial charge in [-0.2, -0.15) is 0 Å². The summed E-state index contributed by atoms with van der Waals surface area (Å²) in [6, 6.07) is 15.3. The smallest absolute Gasteiger partial charge is 0.265 e. The molecule has 1 aliphatic carbocycles. The van der Waals surface area contributed by atoms with Gasteiger partial charge in [-0.3, -0.25) is 14.5 Å². The minimum atomic E-state index is -0.192. The fourth-order valence-electron chi connectivity index (χ4n) is 3.29. The summed E-state index contributed by atoms with van der Waals surface area (Å²) in [6.45, 7) is 0.533. The summed E-state index contributed by atoms with van der Waals surface area (Å²) in [6.07, 6.45) is 2.02. The molecule has 2 aliphatic rings. The molecule has 2 aromatic carbocycles. The van der Waals surface area contributed by atoms with Gasteiger partial charge in [-0.1, -0.05) is 24.3 Å². The van der Waals surface area contributed by atoms with E-state index in [4.69, 9.17) is 9.47 Å². The lowest BCUT2D eigenvalue weighted by Gasteiger charge is -2.31. The number of amides is 2. The van der Waals surface area contributed by atoms with Crippen molar-refractivity contribution in [3.8, 4) is 11.5 Å². The van der Waals surface area contributed by atoms with Crippen molar-refractivity contribution in [2.24, 2.45) is 0 Å². The molecule has 0 radical (unpaired) electrons. The lowest BCUT2D eigenvalue weighted by atomic mass is 10.2. The summed E-state index contributed by atoms with van der Waals surface area (Å²) in [7, 11) is 1.63. The van der Waals surface area contributed by atoms with Crippen molar-refractivity contribution >= 4 is 17.5 Å². The Morgan fingerprint density at radius 2 is 1.93 bits per heavy atom. The number of nitrogens with zero attached hydrogens (tertiary/aromatic N) is 2. The standard InChI is InChI=1S/C21H22N2O4/c1-26-17-10-6-15(7-11-17)12-22(16-8-9-16)20(24)13-23-18-4-2-3-5-19(18)27-14-21(23)25/h2-7,10-11,16H,8-9,12-14H2,1H3. The molecule has 27 heavy (non-hydrogen) atoms. The lowest BCUT2D eigenvalue weighted by Crippen LogP contribution is -2.46. The van der Waals surface area contributed by atoms with Gasteiger partial charge in [0.25, 0.3) is 5.91 Å². The number of hydrogen-bond donors (Lipinski definition) is 0. The molecule has 6 nitrogen and oxygen atoms in total. The summed E-state index contributed by atoms with van der Waals surface area (Å²) in [5.41, 5.74) is 1.70. The topological polar surface area (TPSA) is 59.1 Å². The molecule has 0 spiro atoms. The first-order chi connectivity index (χ1) is 13.2. The third kappa shape index (κ3) is 3.74. The minimum absolute atomic E-state index is 0.0336. The molecule has 1 saturated carbocycles. The quantitative estimate of drug-likeness (QED) is 0.789. The molecule has 2 amide bonds. The predicted molar refractivity (Wildman–Crippen MR) is 101 cm³/mol. The molecule has 4 rings (SSSR count). The SMILES string of the molecule is COc1ccc(CN(C(=O)CN2C(=O)COc3ccccc32)C2CC2)cc1. The molecule has 1 aliphatic heterocycles. The Bertz CT molecular complexity index is 846. The maximum atomic E-state index is 13.0. The number of methoxy groups -OCH3 is 1. The highest BCUT2D eigenvalue weighted by Gasteiger charge is 2.35. The molecule has 0 N–H and O–H groups in total. The summed E-state index contributed by atoms with van der Waals surface area (Å²) in [5.74, 6) is 1.19. The van der Waals surface area contributed by atoms with Crippen molar-refractivity contribution in [3.05, 3.63) is 54.1 Å². The highest BCUT2D eigenvalue weighted by molar-refractivity contribution is 6.02. The molecule has 0 unspecified atom stereocenters. The number of fused-ring (bicyclic) bond motifs is 1. The van der Waals surface area contributed by atoms with Crippen molar-refractivity contribution in [3.63, 3.8) is 0 Å².